The third-order valence-corrected chi connectivity index (χ3v) is 9.81. The Kier molecular flexibility index (Phi) is 6.75. The molecule has 1 fully saturated rings. The van der Waals surface area contributed by atoms with E-state index in [0.29, 0.717) is 0 Å². The predicted octanol–water partition coefficient (Wildman–Crippen LogP) is 10.1. The molecule has 1 aliphatic heterocycles. The Morgan fingerprint density at radius 2 is 1.02 bits per heavy atom. The van der Waals surface area contributed by atoms with Crippen molar-refractivity contribution in [3.63, 3.8) is 0 Å². The van der Waals surface area contributed by atoms with E-state index in [1.54, 1.807) is 0 Å². The first-order valence-electron chi connectivity index (χ1n) is 16.0. The van der Waals surface area contributed by atoms with Gasteiger partial charge in [0.1, 0.15) is 0 Å². The summed E-state index contributed by atoms with van der Waals surface area (Å²) in [5.41, 5.74) is 10.7. The van der Waals surface area contributed by atoms with Gasteiger partial charge in [0, 0.05) is 16.5 Å². The van der Waals surface area contributed by atoms with E-state index in [1.807, 2.05) is 0 Å². The largest absolute Gasteiger partial charge is 0.494 e. The third-order valence-electron chi connectivity index (χ3n) is 9.81. The van der Waals surface area contributed by atoms with Crippen molar-refractivity contribution in [2.45, 2.75) is 38.9 Å². The topological polar surface area (TPSA) is 23.4 Å². The normalized spacial score (nSPS) is 15.5. The summed E-state index contributed by atoms with van der Waals surface area (Å²) < 4.78 is 15.5. The molecule has 0 spiro atoms. The van der Waals surface area contributed by atoms with Crippen LogP contribution in [0.1, 0.15) is 27.7 Å². The zero-order valence-electron chi connectivity index (χ0n) is 26.7. The summed E-state index contributed by atoms with van der Waals surface area (Å²) >= 11 is 0. The number of aromatic nitrogens is 1. The van der Waals surface area contributed by atoms with Gasteiger partial charge in [0.05, 0.1) is 22.2 Å². The van der Waals surface area contributed by atoms with Crippen molar-refractivity contribution in [3.05, 3.63) is 146 Å². The molecule has 6 aromatic carbocycles. The highest BCUT2D eigenvalue weighted by molar-refractivity contribution is 6.62. The maximum Gasteiger partial charge on any atom is 0.494 e. The van der Waals surface area contributed by atoms with Gasteiger partial charge in [0.15, 0.2) is 0 Å². The van der Waals surface area contributed by atoms with E-state index in [9.17, 15) is 0 Å². The van der Waals surface area contributed by atoms with E-state index in [2.05, 4.69) is 178 Å². The van der Waals surface area contributed by atoms with E-state index in [-0.39, 0.29) is 0 Å². The smallest absolute Gasteiger partial charge is 0.399 e. The minimum atomic E-state index is -0.442. The van der Waals surface area contributed by atoms with E-state index in [4.69, 9.17) is 9.31 Å². The quantitative estimate of drug-likeness (QED) is 0.184. The Hall–Kier alpha value is -4.90. The van der Waals surface area contributed by atoms with Gasteiger partial charge in [-0.3, -0.25) is 0 Å². The van der Waals surface area contributed by atoms with Crippen LogP contribution in [0.2, 0.25) is 0 Å². The molecule has 0 radical (unpaired) electrons. The summed E-state index contributed by atoms with van der Waals surface area (Å²) in [7, 11) is -0.442. The molecule has 0 atom stereocenters. The lowest BCUT2D eigenvalue weighted by Gasteiger charge is -2.32. The first-order valence-corrected chi connectivity index (χ1v) is 16.0. The molecule has 3 nitrogen and oxygen atoms in total. The average molecular weight is 598 g/mol. The highest BCUT2D eigenvalue weighted by Crippen LogP contribution is 2.41. The molecule has 4 heteroatoms. The molecule has 0 unspecified atom stereocenters. The van der Waals surface area contributed by atoms with Crippen molar-refractivity contribution < 1.29 is 9.31 Å². The number of nitrogens with zero attached hydrogens (tertiary/aromatic N) is 1. The molecule has 0 N–H and O–H groups in total. The van der Waals surface area contributed by atoms with Crippen LogP contribution in [0.4, 0.5) is 0 Å². The molecule has 2 heterocycles. The van der Waals surface area contributed by atoms with E-state index < -0.39 is 18.3 Å². The van der Waals surface area contributed by atoms with Gasteiger partial charge in [-0.25, -0.2) is 0 Å². The lowest BCUT2D eigenvalue weighted by molar-refractivity contribution is 0.00578. The van der Waals surface area contributed by atoms with Gasteiger partial charge in [0.2, 0.25) is 0 Å². The molecule has 7 aromatic rings. The van der Waals surface area contributed by atoms with Crippen LogP contribution < -0.4 is 5.46 Å². The zero-order valence-corrected chi connectivity index (χ0v) is 26.7. The third kappa shape index (κ3) is 4.77. The Morgan fingerprint density at radius 1 is 0.478 bits per heavy atom. The molecule has 224 valence electrons. The van der Waals surface area contributed by atoms with Crippen LogP contribution >= 0.6 is 0 Å². The van der Waals surface area contributed by atoms with Gasteiger partial charge in [-0.1, -0.05) is 115 Å². The zero-order chi connectivity index (χ0) is 31.5. The van der Waals surface area contributed by atoms with Crippen LogP contribution in [0.15, 0.2) is 146 Å². The highest BCUT2D eigenvalue weighted by atomic mass is 16.7. The Labute approximate surface area is 271 Å². The first-order chi connectivity index (χ1) is 22.3. The van der Waals surface area contributed by atoms with Crippen molar-refractivity contribution in [2.24, 2.45) is 0 Å². The number of benzene rings is 6. The van der Waals surface area contributed by atoms with Crippen LogP contribution in [0.5, 0.6) is 0 Å². The predicted molar refractivity (Wildman–Crippen MR) is 193 cm³/mol. The Morgan fingerprint density at radius 3 is 1.59 bits per heavy atom. The molecule has 0 aliphatic carbocycles. The van der Waals surface area contributed by atoms with E-state index in [0.717, 1.165) is 22.2 Å². The fourth-order valence-electron chi connectivity index (χ4n) is 6.69. The summed E-state index contributed by atoms with van der Waals surface area (Å²) in [5, 5.41) is 2.39. The maximum atomic E-state index is 6.52. The first kappa shape index (κ1) is 28.6. The fourth-order valence-corrected chi connectivity index (χ4v) is 6.69. The SMILES string of the molecule is CC1(C)OB(c2ccc3c(c2)c2c(-c4ccccc4)cccc2n3-c2cc(-c3ccccc3)cc(-c3ccccc3)c2)OC1(C)C. The van der Waals surface area contributed by atoms with Crippen LogP contribution in [0, 0.1) is 0 Å². The molecule has 0 saturated carbocycles. The van der Waals surface area contributed by atoms with Crippen LogP contribution in [0.25, 0.3) is 60.9 Å². The number of hydrogen-bond donors (Lipinski definition) is 0. The van der Waals surface area contributed by atoms with Crippen molar-refractivity contribution in [1.29, 1.82) is 0 Å². The Balaban J connectivity index is 1.42. The second kappa shape index (κ2) is 10.9. The molecular formula is C42H36BNO2. The highest BCUT2D eigenvalue weighted by Gasteiger charge is 2.51. The molecule has 1 aromatic heterocycles. The van der Waals surface area contributed by atoms with Gasteiger partial charge >= 0.3 is 7.12 Å². The average Bonchev–Trinajstić information content (AvgIpc) is 3.54. The molecular weight excluding hydrogens is 561 g/mol. The van der Waals surface area contributed by atoms with Gasteiger partial charge in [-0.15, -0.1) is 0 Å². The molecule has 46 heavy (non-hydrogen) atoms. The minimum Gasteiger partial charge on any atom is -0.399 e. The summed E-state index contributed by atoms with van der Waals surface area (Å²) in [6.45, 7) is 8.42. The number of rotatable bonds is 5. The van der Waals surface area contributed by atoms with Gasteiger partial charge < -0.3 is 13.9 Å². The standard InChI is InChI=1S/C42H36BNO2/c1-41(2)42(3,4)46-43(45-41)34-23-24-38-37(28-34)40-36(31-19-12-7-13-20-31)21-14-22-39(40)44(38)35-26-32(29-15-8-5-9-16-29)25-33(27-35)30-17-10-6-11-18-30/h5-28H,1-4H3. The second-order valence-electron chi connectivity index (χ2n) is 13.3. The van der Waals surface area contributed by atoms with Crippen LogP contribution in [-0.4, -0.2) is 22.9 Å². The fraction of sp³-hybridized carbons (Fsp3) is 0.143. The number of fused-ring (bicyclic) bond motifs is 3. The molecule has 1 saturated heterocycles. The summed E-state index contributed by atoms with van der Waals surface area (Å²) in [5.74, 6) is 0. The van der Waals surface area contributed by atoms with E-state index in [1.165, 1.54) is 44.2 Å². The van der Waals surface area contributed by atoms with Crippen LogP contribution in [0.3, 0.4) is 0 Å². The maximum absolute atomic E-state index is 6.52. The van der Waals surface area contributed by atoms with Crippen LogP contribution in [-0.2, 0) is 9.31 Å². The molecule has 0 amide bonds. The lowest BCUT2D eigenvalue weighted by atomic mass is 9.78. The van der Waals surface area contributed by atoms with Crippen molar-refractivity contribution >= 4 is 34.4 Å². The summed E-state index contributed by atoms with van der Waals surface area (Å²) in [6.07, 6.45) is 0. The summed E-state index contributed by atoms with van der Waals surface area (Å²) in [6, 6.07) is 52.3. The van der Waals surface area contributed by atoms with Gasteiger partial charge in [-0.05, 0) is 96.9 Å². The van der Waals surface area contributed by atoms with Gasteiger partial charge in [0.25, 0.3) is 0 Å². The molecule has 1 aliphatic rings. The monoisotopic (exact) mass is 597 g/mol. The molecule has 8 rings (SSSR count). The minimum absolute atomic E-state index is 0.415. The van der Waals surface area contributed by atoms with Crippen molar-refractivity contribution in [2.75, 3.05) is 0 Å². The molecule has 0 bridgehead atoms. The van der Waals surface area contributed by atoms with Crippen molar-refractivity contribution in [3.8, 4) is 39.1 Å². The Bertz CT molecular complexity index is 2130. The van der Waals surface area contributed by atoms with E-state index >= 15 is 0 Å². The second-order valence-corrected chi connectivity index (χ2v) is 13.3. The van der Waals surface area contributed by atoms with Crippen molar-refractivity contribution in [1.82, 2.24) is 4.57 Å². The number of hydrogen-bond acceptors (Lipinski definition) is 2. The van der Waals surface area contributed by atoms with Gasteiger partial charge in [-0.2, -0.15) is 0 Å². The lowest BCUT2D eigenvalue weighted by Crippen LogP contribution is -2.41. The summed E-state index contributed by atoms with van der Waals surface area (Å²) in [4.78, 5) is 0.